The van der Waals surface area contributed by atoms with Crippen molar-refractivity contribution < 1.29 is 18.3 Å². The molecule has 0 aliphatic rings. The van der Waals surface area contributed by atoms with Crippen molar-refractivity contribution in [2.24, 2.45) is 0 Å². The third kappa shape index (κ3) is 3.69. The quantitative estimate of drug-likeness (QED) is 0.794. The summed E-state index contributed by atoms with van der Waals surface area (Å²) in [6.45, 7) is 2.35. The average Bonchev–Trinajstić information content (AvgIpc) is 3.07. The van der Waals surface area contributed by atoms with Gasteiger partial charge in [-0.15, -0.1) is 11.3 Å². The first-order valence-corrected chi connectivity index (χ1v) is 8.67. The lowest BCUT2D eigenvalue weighted by Gasteiger charge is -2.03. The fourth-order valence-corrected chi connectivity index (χ4v) is 3.49. The zero-order chi connectivity index (χ0) is 15.5. The lowest BCUT2D eigenvalue weighted by molar-refractivity contribution is 0.0685. The molecule has 21 heavy (non-hydrogen) atoms. The van der Waals surface area contributed by atoms with Crippen LogP contribution >= 0.6 is 11.3 Å². The summed E-state index contributed by atoms with van der Waals surface area (Å²) in [6.07, 6.45) is 1.82. The van der Waals surface area contributed by atoms with Gasteiger partial charge in [-0.1, -0.05) is 0 Å². The molecule has 7 nitrogen and oxygen atoms in total. The molecule has 114 valence electrons. The van der Waals surface area contributed by atoms with Crippen molar-refractivity contribution in [3.63, 3.8) is 0 Å². The predicted molar refractivity (Wildman–Crippen MR) is 78.1 cm³/mol. The Labute approximate surface area is 126 Å². The molecule has 0 saturated carbocycles. The van der Waals surface area contributed by atoms with Crippen LogP contribution in [0.3, 0.4) is 0 Å². The first-order chi connectivity index (χ1) is 9.94. The molecule has 0 aliphatic heterocycles. The molecule has 2 rings (SSSR count). The molecule has 0 saturated heterocycles. The highest BCUT2D eigenvalue weighted by molar-refractivity contribution is 7.89. The molecule has 0 aliphatic carbocycles. The third-order valence-electron chi connectivity index (χ3n) is 2.90. The van der Waals surface area contributed by atoms with Crippen LogP contribution in [0.4, 0.5) is 0 Å². The molecule has 0 atom stereocenters. The Balaban J connectivity index is 2.10. The van der Waals surface area contributed by atoms with Crippen molar-refractivity contribution in [3.05, 3.63) is 34.5 Å². The molecule has 0 amide bonds. The molecule has 0 bridgehead atoms. The minimum Gasteiger partial charge on any atom is -0.477 e. The van der Waals surface area contributed by atoms with E-state index in [9.17, 15) is 13.2 Å². The molecule has 2 aromatic rings. The van der Waals surface area contributed by atoms with Crippen LogP contribution in [-0.2, 0) is 23.0 Å². The fraction of sp³-hybridized carbons (Fsp3) is 0.333. The first kappa shape index (κ1) is 15.7. The van der Waals surface area contributed by atoms with Gasteiger partial charge in [-0.25, -0.2) is 22.9 Å². The maximum Gasteiger partial charge on any atom is 0.352 e. The number of hydrogen-bond donors (Lipinski definition) is 2. The van der Waals surface area contributed by atoms with E-state index in [1.165, 1.54) is 22.1 Å². The average molecular weight is 329 g/mol. The van der Waals surface area contributed by atoms with Crippen LogP contribution in [0.25, 0.3) is 0 Å². The molecule has 0 unspecified atom stereocenters. The second-order valence-electron chi connectivity index (χ2n) is 4.28. The predicted octanol–water partition coefficient (Wildman–Crippen LogP) is 1.18. The number of thiazole rings is 1. The van der Waals surface area contributed by atoms with E-state index in [1.54, 1.807) is 12.4 Å². The Kier molecular flexibility index (Phi) is 4.76. The normalized spacial score (nSPS) is 11.7. The van der Waals surface area contributed by atoms with Crippen LogP contribution < -0.4 is 4.72 Å². The molecule has 2 aromatic heterocycles. The highest BCUT2D eigenvalue weighted by Gasteiger charge is 2.20. The smallest absolute Gasteiger partial charge is 0.352 e. The molecule has 0 aromatic carbocycles. The molecule has 2 heterocycles. The van der Waals surface area contributed by atoms with Gasteiger partial charge in [0.2, 0.25) is 10.0 Å². The highest BCUT2D eigenvalue weighted by Crippen LogP contribution is 2.14. The van der Waals surface area contributed by atoms with Crippen LogP contribution in [0.15, 0.2) is 28.0 Å². The number of sulfonamides is 1. The van der Waals surface area contributed by atoms with Crippen LogP contribution in [0.2, 0.25) is 0 Å². The summed E-state index contributed by atoms with van der Waals surface area (Å²) in [7, 11) is -3.72. The van der Waals surface area contributed by atoms with Crippen molar-refractivity contribution in [1.29, 1.82) is 0 Å². The third-order valence-corrected chi connectivity index (χ3v) is 4.96. The zero-order valence-electron chi connectivity index (χ0n) is 11.3. The van der Waals surface area contributed by atoms with E-state index >= 15 is 0 Å². The van der Waals surface area contributed by atoms with Gasteiger partial charge in [0.25, 0.3) is 0 Å². The minimum atomic E-state index is -3.72. The van der Waals surface area contributed by atoms with Crippen LogP contribution in [0.1, 0.15) is 23.1 Å². The largest absolute Gasteiger partial charge is 0.477 e. The number of nitrogens with zero attached hydrogens (tertiary/aromatic N) is 2. The molecule has 2 N–H and O–H groups in total. The Morgan fingerprint density at radius 2 is 2.29 bits per heavy atom. The van der Waals surface area contributed by atoms with Gasteiger partial charge in [0, 0.05) is 31.1 Å². The van der Waals surface area contributed by atoms with E-state index in [0.717, 1.165) is 11.8 Å². The SMILES string of the molecule is CCn1cc(S(=O)(=O)NCCc2cscn2)cc1C(=O)O. The summed E-state index contributed by atoms with van der Waals surface area (Å²) in [5.41, 5.74) is 2.46. The number of aromatic carboxylic acids is 1. The van der Waals surface area contributed by atoms with E-state index in [-0.39, 0.29) is 17.1 Å². The first-order valence-electron chi connectivity index (χ1n) is 6.24. The summed E-state index contributed by atoms with van der Waals surface area (Å²) in [6, 6.07) is 1.16. The van der Waals surface area contributed by atoms with Crippen molar-refractivity contribution in [2.75, 3.05) is 6.54 Å². The van der Waals surface area contributed by atoms with Gasteiger partial charge >= 0.3 is 5.97 Å². The molecule has 0 radical (unpaired) electrons. The summed E-state index contributed by atoms with van der Waals surface area (Å²) in [5, 5.41) is 10.9. The number of aromatic nitrogens is 2. The molecule has 0 fully saturated rings. The Bertz CT molecular complexity index is 720. The Hall–Kier alpha value is -1.71. The van der Waals surface area contributed by atoms with Crippen LogP contribution in [0, 0.1) is 0 Å². The van der Waals surface area contributed by atoms with Gasteiger partial charge in [0.05, 0.1) is 11.2 Å². The van der Waals surface area contributed by atoms with Crippen molar-refractivity contribution in [1.82, 2.24) is 14.3 Å². The van der Waals surface area contributed by atoms with E-state index in [0.29, 0.717) is 13.0 Å². The lowest BCUT2D eigenvalue weighted by atomic mass is 10.3. The Morgan fingerprint density at radius 1 is 1.52 bits per heavy atom. The van der Waals surface area contributed by atoms with Gasteiger partial charge < -0.3 is 9.67 Å². The summed E-state index contributed by atoms with van der Waals surface area (Å²) in [5.74, 6) is -1.15. The number of carboxylic acid groups (broad SMARTS) is 1. The van der Waals surface area contributed by atoms with Crippen LogP contribution in [0.5, 0.6) is 0 Å². The number of hydrogen-bond acceptors (Lipinski definition) is 5. The molecule has 0 spiro atoms. The monoisotopic (exact) mass is 329 g/mol. The van der Waals surface area contributed by atoms with E-state index in [1.807, 2.05) is 5.38 Å². The van der Waals surface area contributed by atoms with Gasteiger partial charge in [0.1, 0.15) is 10.6 Å². The number of nitrogens with one attached hydrogen (secondary N) is 1. The maximum atomic E-state index is 12.1. The summed E-state index contributed by atoms with van der Waals surface area (Å²) in [4.78, 5) is 15.1. The molecule has 9 heteroatoms. The number of aryl methyl sites for hydroxylation is 1. The number of rotatable bonds is 7. The molecular weight excluding hydrogens is 314 g/mol. The Morgan fingerprint density at radius 3 is 2.81 bits per heavy atom. The van der Waals surface area contributed by atoms with Crippen LogP contribution in [-0.4, -0.2) is 35.6 Å². The van der Waals surface area contributed by atoms with E-state index in [2.05, 4.69) is 9.71 Å². The maximum absolute atomic E-state index is 12.1. The number of carboxylic acids is 1. The second-order valence-corrected chi connectivity index (χ2v) is 6.77. The zero-order valence-corrected chi connectivity index (χ0v) is 12.9. The van der Waals surface area contributed by atoms with Crippen molar-refractivity contribution in [3.8, 4) is 0 Å². The summed E-state index contributed by atoms with van der Waals surface area (Å²) < 4.78 is 28.1. The van der Waals surface area contributed by atoms with Gasteiger partial charge in [-0.3, -0.25) is 0 Å². The fourth-order valence-electron chi connectivity index (χ4n) is 1.83. The lowest BCUT2D eigenvalue weighted by Crippen LogP contribution is -2.25. The van der Waals surface area contributed by atoms with Gasteiger partial charge in [-0.2, -0.15) is 0 Å². The van der Waals surface area contributed by atoms with E-state index in [4.69, 9.17) is 5.11 Å². The van der Waals surface area contributed by atoms with Gasteiger partial charge in [-0.05, 0) is 13.0 Å². The summed E-state index contributed by atoms with van der Waals surface area (Å²) >= 11 is 1.45. The standard InChI is InChI=1S/C12H15N3O4S2/c1-2-15-6-10(5-11(15)12(16)17)21(18,19)14-4-3-9-7-20-8-13-9/h5-8,14H,2-4H2,1H3,(H,16,17). The van der Waals surface area contributed by atoms with Gasteiger partial charge in [0.15, 0.2) is 0 Å². The van der Waals surface area contributed by atoms with E-state index < -0.39 is 16.0 Å². The minimum absolute atomic E-state index is 0.0416. The highest BCUT2D eigenvalue weighted by atomic mass is 32.2. The molecular formula is C12H15N3O4S2. The second kappa shape index (κ2) is 6.37. The van der Waals surface area contributed by atoms with Crippen molar-refractivity contribution in [2.45, 2.75) is 24.8 Å². The topological polar surface area (TPSA) is 101 Å². The van der Waals surface area contributed by atoms with Crippen molar-refractivity contribution >= 4 is 27.3 Å². The number of carbonyl (C=O) groups is 1.